The summed E-state index contributed by atoms with van der Waals surface area (Å²) in [7, 11) is 0. The number of allylic oxidation sites excluding steroid dienone is 1. The second-order valence-electron chi connectivity index (χ2n) is 6.91. The molecule has 0 radical (unpaired) electrons. The molecular weight excluding hydrogens is 326 g/mol. The summed E-state index contributed by atoms with van der Waals surface area (Å²) in [5.41, 5.74) is 2.36. The van der Waals surface area contributed by atoms with Crippen LogP contribution < -0.4 is 15.4 Å². The molecule has 1 aromatic rings. The lowest BCUT2D eigenvalue weighted by atomic mass is 10.1. The van der Waals surface area contributed by atoms with Gasteiger partial charge in [0.05, 0.1) is 18.8 Å². The molecule has 1 unspecified atom stereocenters. The summed E-state index contributed by atoms with van der Waals surface area (Å²) in [5, 5.41) is 17.1. The fourth-order valence-electron chi connectivity index (χ4n) is 3.00. The van der Waals surface area contributed by atoms with Crippen molar-refractivity contribution in [3.63, 3.8) is 0 Å². The Labute approximate surface area is 157 Å². The van der Waals surface area contributed by atoms with E-state index in [1.54, 1.807) is 0 Å². The Hall–Kier alpha value is -2.01. The highest BCUT2D eigenvalue weighted by Gasteiger charge is 2.10. The predicted molar refractivity (Wildman–Crippen MR) is 108 cm³/mol. The maximum atomic E-state index is 10.5. The van der Waals surface area contributed by atoms with Crippen molar-refractivity contribution in [2.24, 2.45) is 4.99 Å². The van der Waals surface area contributed by atoms with Crippen LogP contribution in [-0.4, -0.2) is 36.8 Å². The molecule has 0 spiro atoms. The third kappa shape index (κ3) is 7.08. The summed E-state index contributed by atoms with van der Waals surface area (Å²) < 4.78 is 5.69. The molecule has 2 rings (SSSR count). The fraction of sp³-hybridized carbons (Fsp3) is 0.571. The predicted octanol–water partition coefficient (Wildman–Crippen LogP) is 3.56. The molecule has 144 valence electrons. The molecule has 1 aromatic carbocycles. The van der Waals surface area contributed by atoms with E-state index < -0.39 is 6.10 Å². The van der Waals surface area contributed by atoms with Crippen LogP contribution in [0.3, 0.4) is 0 Å². The van der Waals surface area contributed by atoms with Crippen molar-refractivity contribution in [1.29, 1.82) is 0 Å². The van der Waals surface area contributed by atoms with Crippen LogP contribution in [0, 0.1) is 0 Å². The van der Waals surface area contributed by atoms with Gasteiger partial charge in [0.15, 0.2) is 5.96 Å². The summed E-state index contributed by atoms with van der Waals surface area (Å²) in [6.45, 7) is 7.99. The average Bonchev–Trinajstić information content (AvgIpc) is 3.12. The zero-order chi connectivity index (χ0) is 18.8. The molecule has 0 bridgehead atoms. The van der Waals surface area contributed by atoms with Crippen molar-refractivity contribution in [3.8, 4) is 5.75 Å². The third-order valence-electron chi connectivity index (χ3n) is 4.25. The lowest BCUT2D eigenvalue weighted by Crippen LogP contribution is -2.38. The van der Waals surface area contributed by atoms with E-state index in [0.717, 1.165) is 36.8 Å². The maximum absolute atomic E-state index is 10.5. The average molecular weight is 360 g/mol. The van der Waals surface area contributed by atoms with Crippen LogP contribution in [0.4, 0.5) is 0 Å². The maximum Gasteiger partial charge on any atom is 0.191 e. The number of benzene rings is 1. The zero-order valence-electron chi connectivity index (χ0n) is 16.3. The fourth-order valence-corrected chi connectivity index (χ4v) is 3.00. The number of rotatable bonds is 9. The normalized spacial score (nSPS) is 15.7. The Morgan fingerprint density at radius 2 is 2.15 bits per heavy atom. The van der Waals surface area contributed by atoms with E-state index >= 15 is 0 Å². The monoisotopic (exact) mass is 359 g/mol. The van der Waals surface area contributed by atoms with E-state index in [1.165, 1.54) is 24.8 Å². The molecule has 0 aromatic heterocycles. The van der Waals surface area contributed by atoms with E-state index in [4.69, 9.17) is 4.74 Å². The van der Waals surface area contributed by atoms with Gasteiger partial charge in [-0.2, -0.15) is 0 Å². The molecule has 1 atom stereocenters. The van der Waals surface area contributed by atoms with Gasteiger partial charge in [-0.15, -0.1) is 0 Å². The molecule has 0 amide bonds. The standard InChI is InChI=1S/C21H33N3O2/c1-4-22-21(23-13-12-17-8-5-6-9-17)24-15-20(25)18-10-7-11-19(14-18)26-16(2)3/h7-8,10-11,14,16,20,25H,4-6,9,12-13,15H2,1-3H3,(H2,22,23,24). The topological polar surface area (TPSA) is 65.9 Å². The minimum absolute atomic E-state index is 0.111. The Balaban J connectivity index is 1.88. The van der Waals surface area contributed by atoms with Gasteiger partial charge in [0.2, 0.25) is 0 Å². The SMILES string of the molecule is CCNC(=NCC(O)c1cccc(OC(C)C)c1)NCCC1=CCCC1. The quantitative estimate of drug-likeness (QED) is 0.358. The molecule has 0 fully saturated rings. The zero-order valence-corrected chi connectivity index (χ0v) is 16.3. The van der Waals surface area contributed by atoms with Gasteiger partial charge in [0.25, 0.3) is 0 Å². The highest BCUT2D eigenvalue weighted by atomic mass is 16.5. The van der Waals surface area contributed by atoms with Crippen LogP contribution in [0.25, 0.3) is 0 Å². The van der Waals surface area contributed by atoms with Gasteiger partial charge >= 0.3 is 0 Å². The molecule has 1 aliphatic rings. The van der Waals surface area contributed by atoms with E-state index in [9.17, 15) is 5.11 Å². The Morgan fingerprint density at radius 1 is 1.31 bits per heavy atom. The summed E-state index contributed by atoms with van der Waals surface area (Å²) >= 11 is 0. The van der Waals surface area contributed by atoms with Crippen LogP contribution >= 0.6 is 0 Å². The molecule has 5 nitrogen and oxygen atoms in total. The molecule has 26 heavy (non-hydrogen) atoms. The second kappa shape index (κ2) is 10.9. The lowest BCUT2D eigenvalue weighted by molar-refractivity contribution is 0.185. The van der Waals surface area contributed by atoms with Crippen LogP contribution in [0.5, 0.6) is 5.75 Å². The number of aliphatic hydroxyl groups is 1. The van der Waals surface area contributed by atoms with Gasteiger partial charge in [-0.25, -0.2) is 0 Å². The minimum atomic E-state index is -0.654. The number of nitrogens with one attached hydrogen (secondary N) is 2. The van der Waals surface area contributed by atoms with Crippen molar-refractivity contribution in [2.45, 2.75) is 58.7 Å². The molecule has 0 aliphatic heterocycles. The largest absolute Gasteiger partial charge is 0.491 e. The van der Waals surface area contributed by atoms with Gasteiger partial charge in [0, 0.05) is 13.1 Å². The molecule has 0 saturated heterocycles. The van der Waals surface area contributed by atoms with Crippen LogP contribution in [-0.2, 0) is 0 Å². The first-order valence-electron chi connectivity index (χ1n) is 9.73. The van der Waals surface area contributed by atoms with Gasteiger partial charge in [0.1, 0.15) is 5.75 Å². The number of aliphatic hydroxyl groups excluding tert-OH is 1. The van der Waals surface area contributed by atoms with Crippen molar-refractivity contribution in [1.82, 2.24) is 10.6 Å². The number of hydrogen-bond donors (Lipinski definition) is 3. The first-order valence-corrected chi connectivity index (χ1v) is 9.73. The summed E-state index contributed by atoms with van der Waals surface area (Å²) in [6.07, 6.45) is 6.59. The van der Waals surface area contributed by atoms with Crippen molar-refractivity contribution in [2.75, 3.05) is 19.6 Å². The summed E-state index contributed by atoms with van der Waals surface area (Å²) in [5.74, 6) is 1.52. The third-order valence-corrected chi connectivity index (χ3v) is 4.25. The summed E-state index contributed by atoms with van der Waals surface area (Å²) in [6, 6.07) is 7.59. The number of guanidine groups is 1. The van der Waals surface area contributed by atoms with Crippen molar-refractivity contribution in [3.05, 3.63) is 41.5 Å². The minimum Gasteiger partial charge on any atom is -0.491 e. The van der Waals surface area contributed by atoms with Gasteiger partial charge < -0.3 is 20.5 Å². The Kier molecular flexibility index (Phi) is 8.48. The van der Waals surface area contributed by atoms with E-state index in [-0.39, 0.29) is 6.10 Å². The Bertz CT molecular complexity index is 611. The number of ether oxygens (including phenoxy) is 1. The lowest BCUT2D eigenvalue weighted by Gasteiger charge is -2.15. The van der Waals surface area contributed by atoms with Gasteiger partial charge in [-0.3, -0.25) is 4.99 Å². The van der Waals surface area contributed by atoms with Crippen LogP contribution in [0.2, 0.25) is 0 Å². The highest BCUT2D eigenvalue weighted by molar-refractivity contribution is 5.79. The van der Waals surface area contributed by atoms with E-state index in [2.05, 4.69) is 21.7 Å². The van der Waals surface area contributed by atoms with Crippen molar-refractivity contribution >= 4 is 5.96 Å². The van der Waals surface area contributed by atoms with E-state index in [1.807, 2.05) is 45.0 Å². The molecule has 0 heterocycles. The van der Waals surface area contributed by atoms with Gasteiger partial charge in [-0.1, -0.05) is 23.8 Å². The number of nitrogens with zero attached hydrogens (tertiary/aromatic N) is 1. The molecular formula is C21H33N3O2. The van der Waals surface area contributed by atoms with Crippen molar-refractivity contribution < 1.29 is 9.84 Å². The first kappa shape index (κ1) is 20.3. The molecule has 1 aliphatic carbocycles. The highest BCUT2D eigenvalue weighted by Crippen LogP contribution is 2.21. The second-order valence-corrected chi connectivity index (χ2v) is 6.91. The first-order chi connectivity index (χ1) is 12.6. The van der Waals surface area contributed by atoms with E-state index in [0.29, 0.717) is 6.54 Å². The number of hydrogen-bond acceptors (Lipinski definition) is 3. The van der Waals surface area contributed by atoms with Crippen LogP contribution in [0.15, 0.2) is 40.9 Å². The number of aliphatic imine (C=N–C) groups is 1. The summed E-state index contributed by atoms with van der Waals surface area (Å²) in [4.78, 5) is 4.53. The molecule has 5 heteroatoms. The Morgan fingerprint density at radius 3 is 2.85 bits per heavy atom. The molecule has 0 saturated carbocycles. The molecule has 3 N–H and O–H groups in total. The van der Waals surface area contributed by atoms with Crippen LogP contribution in [0.1, 0.15) is 58.1 Å². The smallest absolute Gasteiger partial charge is 0.191 e. The van der Waals surface area contributed by atoms with Gasteiger partial charge in [-0.05, 0) is 64.2 Å².